The van der Waals surface area contributed by atoms with Crippen LogP contribution in [0.5, 0.6) is 0 Å². The number of rotatable bonds is 5. The summed E-state index contributed by atoms with van der Waals surface area (Å²) in [5.74, 6) is 0.446. The number of aliphatic hydroxyl groups is 1. The molecule has 0 saturated heterocycles. The smallest absolute Gasteiger partial charge is 0.278 e. The zero-order valence-electron chi connectivity index (χ0n) is 19.4. The van der Waals surface area contributed by atoms with Crippen LogP contribution in [0.3, 0.4) is 0 Å². The second-order valence-electron chi connectivity index (χ2n) is 9.77. The van der Waals surface area contributed by atoms with Gasteiger partial charge in [0.15, 0.2) is 5.65 Å². The van der Waals surface area contributed by atoms with E-state index in [9.17, 15) is 9.90 Å². The van der Waals surface area contributed by atoms with E-state index in [0.717, 1.165) is 49.3 Å². The Morgan fingerprint density at radius 2 is 2.00 bits per heavy atom. The Hall–Kier alpha value is -3.49. The van der Waals surface area contributed by atoms with Gasteiger partial charge in [-0.25, -0.2) is 14.3 Å². The van der Waals surface area contributed by atoms with Crippen LogP contribution < -0.4 is 16.2 Å². The van der Waals surface area contributed by atoms with Gasteiger partial charge in [-0.2, -0.15) is 4.98 Å². The average molecular weight is 457 g/mol. The monoisotopic (exact) mass is 456 g/mol. The topological polar surface area (TPSA) is 97.0 Å². The second-order valence-corrected chi connectivity index (χ2v) is 9.77. The molecule has 0 bridgehead atoms. The third kappa shape index (κ3) is 3.69. The van der Waals surface area contributed by atoms with E-state index in [1.807, 2.05) is 35.0 Å². The molecular formula is C26H28N6O2. The van der Waals surface area contributed by atoms with Crippen molar-refractivity contribution in [3.05, 3.63) is 75.7 Å². The third-order valence-electron chi connectivity index (χ3n) is 6.66. The van der Waals surface area contributed by atoms with Gasteiger partial charge in [0, 0.05) is 18.4 Å². The highest BCUT2D eigenvalue weighted by atomic mass is 16.3. The number of benzene rings is 2. The number of aromatic nitrogens is 4. The fourth-order valence-electron chi connectivity index (χ4n) is 4.66. The van der Waals surface area contributed by atoms with Gasteiger partial charge in [0.1, 0.15) is 5.39 Å². The lowest BCUT2D eigenvalue weighted by molar-refractivity contribution is 0.0786. The Bertz CT molecular complexity index is 1460. The Morgan fingerprint density at radius 3 is 2.79 bits per heavy atom. The van der Waals surface area contributed by atoms with E-state index >= 15 is 0 Å². The average Bonchev–Trinajstić information content (AvgIpc) is 3.62. The molecule has 8 heteroatoms. The lowest BCUT2D eigenvalue weighted by atomic mass is 9.98. The molecule has 4 aromatic rings. The Balaban J connectivity index is 1.46. The van der Waals surface area contributed by atoms with Crippen molar-refractivity contribution >= 4 is 22.7 Å². The molecule has 34 heavy (non-hydrogen) atoms. The number of hydrogen-bond donors (Lipinski definition) is 3. The first-order valence-corrected chi connectivity index (χ1v) is 11.8. The van der Waals surface area contributed by atoms with Crippen LogP contribution in [-0.2, 0) is 18.6 Å². The van der Waals surface area contributed by atoms with Gasteiger partial charge in [0.05, 0.1) is 17.3 Å². The number of nitrogens with one attached hydrogen (secondary N) is 2. The molecule has 0 atom stereocenters. The van der Waals surface area contributed by atoms with E-state index < -0.39 is 5.60 Å². The highest BCUT2D eigenvalue weighted by Crippen LogP contribution is 2.36. The van der Waals surface area contributed by atoms with Crippen LogP contribution in [0.1, 0.15) is 49.4 Å². The summed E-state index contributed by atoms with van der Waals surface area (Å²) in [6.45, 7) is 5.38. The van der Waals surface area contributed by atoms with Crippen molar-refractivity contribution in [2.45, 2.75) is 51.3 Å². The summed E-state index contributed by atoms with van der Waals surface area (Å²) in [6.07, 6.45) is 4.53. The number of fused-ring (bicyclic) bond motifs is 2. The van der Waals surface area contributed by atoms with Crippen LogP contribution in [0.4, 0.5) is 11.6 Å². The summed E-state index contributed by atoms with van der Waals surface area (Å²) in [5, 5.41) is 17.8. The summed E-state index contributed by atoms with van der Waals surface area (Å²) in [7, 11) is 0. The molecule has 2 aliphatic rings. The summed E-state index contributed by atoms with van der Waals surface area (Å²) >= 11 is 0. The van der Waals surface area contributed by atoms with Crippen LogP contribution in [0.25, 0.3) is 16.7 Å². The van der Waals surface area contributed by atoms with E-state index in [1.54, 1.807) is 24.7 Å². The molecule has 0 spiro atoms. The number of anilines is 2. The zero-order chi connectivity index (χ0) is 23.4. The fraction of sp³-hybridized carbons (Fsp3) is 0.346. The standard InChI is InChI=1S/C26H28N6O2/c1-26(2,34)18-4-3-5-21(13-18)31-23-22(24(33)32(31)20-8-9-20)15-28-25(30-23)29-19-7-6-17-14-27-11-10-16(17)12-19/h3-7,12-13,15,20,27,34H,8-11,14H2,1-2H3,(H,28,29,30). The van der Waals surface area contributed by atoms with Crippen molar-refractivity contribution in [1.82, 2.24) is 24.6 Å². The second kappa shape index (κ2) is 7.78. The maximum absolute atomic E-state index is 13.3. The van der Waals surface area contributed by atoms with Gasteiger partial charge >= 0.3 is 0 Å². The molecular weight excluding hydrogens is 428 g/mol. The van der Waals surface area contributed by atoms with Crippen molar-refractivity contribution in [2.24, 2.45) is 0 Å². The van der Waals surface area contributed by atoms with E-state index in [1.165, 1.54) is 11.1 Å². The van der Waals surface area contributed by atoms with Gasteiger partial charge in [-0.15, -0.1) is 0 Å². The highest BCUT2D eigenvalue weighted by Gasteiger charge is 2.31. The summed E-state index contributed by atoms with van der Waals surface area (Å²) in [5.41, 5.74) is 4.62. The van der Waals surface area contributed by atoms with Crippen molar-refractivity contribution in [2.75, 3.05) is 11.9 Å². The molecule has 3 N–H and O–H groups in total. The van der Waals surface area contributed by atoms with Crippen molar-refractivity contribution in [1.29, 1.82) is 0 Å². The van der Waals surface area contributed by atoms with Gasteiger partial charge in [-0.05, 0) is 80.6 Å². The minimum Gasteiger partial charge on any atom is -0.386 e. The summed E-state index contributed by atoms with van der Waals surface area (Å²) in [6, 6.07) is 14.1. The molecule has 1 aliphatic heterocycles. The molecule has 1 fully saturated rings. The molecule has 174 valence electrons. The molecule has 3 heterocycles. The number of nitrogens with zero attached hydrogens (tertiary/aromatic N) is 4. The van der Waals surface area contributed by atoms with Gasteiger partial charge < -0.3 is 15.7 Å². The minimum atomic E-state index is -0.993. The van der Waals surface area contributed by atoms with Gasteiger partial charge in [0.25, 0.3) is 5.56 Å². The van der Waals surface area contributed by atoms with Crippen LogP contribution >= 0.6 is 0 Å². The largest absolute Gasteiger partial charge is 0.386 e. The minimum absolute atomic E-state index is 0.0843. The van der Waals surface area contributed by atoms with Gasteiger partial charge in [-0.3, -0.25) is 4.79 Å². The predicted molar refractivity (Wildman–Crippen MR) is 132 cm³/mol. The van der Waals surface area contributed by atoms with Gasteiger partial charge in [-0.1, -0.05) is 18.2 Å². The van der Waals surface area contributed by atoms with E-state index in [2.05, 4.69) is 27.8 Å². The lowest BCUT2D eigenvalue weighted by Gasteiger charge is -2.20. The zero-order valence-corrected chi connectivity index (χ0v) is 19.4. The Labute approximate surface area is 197 Å². The SMILES string of the molecule is CC(C)(O)c1cccc(-n2c3nc(Nc4ccc5c(c4)CCNC5)ncc3c(=O)n2C2CC2)c1. The van der Waals surface area contributed by atoms with Crippen LogP contribution in [0, 0.1) is 0 Å². The molecule has 6 rings (SSSR count). The maximum Gasteiger partial charge on any atom is 0.278 e. The van der Waals surface area contributed by atoms with Crippen LogP contribution in [0.15, 0.2) is 53.5 Å². The molecule has 1 aliphatic carbocycles. The fourth-order valence-corrected chi connectivity index (χ4v) is 4.66. The molecule has 0 unspecified atom stereocenters. The Morgan fingerprint density at radius 1 is 1.15 bits per heavy atom. The molecule has 8 nitrogen and oxygen atoms in total. The highest BCUT2D eigenvalue weighted by molar-refractivity contribution is 5.77. The molecule has 1 saturated carbocycles. The van der Waals surface area contributed by atoms with Crippen molar-refractivity contribution in [3.8, 4) is 5.69 Å². The predicted octanol–water partition coefficient (Wildman–Crippen LogP) is 3.53. The van der Waals surface area contributed by atoms with Gasteiger partial charge in [0.2, 0.25) is 5.95 Å². The van der Waals surface area contributed by atoms with E-state index in [-0.39, 0.29) is 11.6 Å². The van der Waals surface area contributed by atoms with Crippen LogP contribution in [0.2, 0.25) is 0 Å². The number of hydrogen-bond acceptors (Lipinski definition) is 6. The summed E-state index contributed by atoms with van der Waals surface area (Å²) in [4.78, 5) is 22.5. The molecule has 2 aromatic carbocycles. The molecule has 2 aromatic heterocycles. The van der Waals surface area contributed by atoms with Crippen LogP contribution in [-0.4, -0.2) is 31.0 Å². The third-order valence-corrected chi connectivity index (χ3v) is 6.66. The quantitative estimate of drug-likeness (QED) is 0.425. The maximum atomic E-state index is 13.3. The normalized spacial score (nSPS) is 16.0. The first-order chi connectivity index (χ1) is 16.4. The van der Waals surface area contributed by atoms with Crippen molar-refractivity contribution in [3.63, 3.8) is 0 Å². The molecule has 0 radical (unpaired) electrons. The first-order valence-electron chi connectivity index (χ1n) is 11.8. The van der Waals surface area contributed by atoms with E-state index in [0.29, 0.717) is 17.0 Å². The molecule has 0 amide bonds. The lowest BCUT2D eigenvalue weighted by Crippen LogP contribution is -2.23. The van der Waals surface area contributed by atoms with E-state index in [4.69, 9.17) is 4.98 Å². The first kappa shape index (κ1) is 21.1. The summed E-state index contributed by atoms with van der Waals surface area (Å²) < 4.78 is 3.68. The Kier molecular flexibility index (Phi) is 4.82. The van der Waals surface area contributed by atoms with Crippen molar-refractivity contribution < 1.29 is 5.11 Å².